The van der Waals surface area contributed by atoms with Crippen LogP contribution in [0.5, 0.6) is 0 Å². The molecular weight excluding hydrogens is 244 g/mol. The summed E-state index contributed by atoms with van der Waals surface area (Å²) in [5.74, 6) is -0.627. The fourth-order valence-electron chi connectivity index (χ4n) is 2.32. The number of aryl methyl sites for hydroxylation is 1. The van der Waals surface area contributed by atoms with Crippen LogP contribution in [0.15, 0.2) is 35.3 Å². The average Bonchev–Trinajstić information content (AvgIpc) is 2.77. The van der Waals surface area contributed by atoms with E-state index in [-0.39, 0.29) is 11.1 Å². The molecule has 0 radical (unpaired) electrons. The molecule has 0 saturated heterocycles. The number of H-pyrrole nitrogens is 1. The second kappa shape index (κ2) is 3.98. The van der Waals surface area contributed by atoms with Crippen LogP contribution in [0.3, 0.4) is 0 Å². The SMILES string of the molecule is COC(=O)c1c(=O)n(C)cc2c1[nH]c1ccccc12. The Morgan fingerprint density at radius 2 is 2.00 bits per heavy atom. The number of aromatic amines is 1. The first-order valence-electron chi connectivity index (χ1n) is 5.82. The molecule has 19 heavy (non-hydrogen) atoms. The summed E-state index contributed by atoms with van der Waals surface area (Å²) in [4.78, 5) is 27.0. The Hall–Kier alpha value is -2.56. The summed E-state index contributed by atoms with van der Waals surface area (Å²) in [6.07, 6.45) is 1.73. The summed E-state index contributed by atoms with van der Waals surface area (Å²) < 4.78 is 6.10. The predicted octanol–water partition coefficient (Wildman–Crippen LogP) is 1.81. The molecule has 0 fully saturated rings. The van der Waals surface area contributed by atoms with Gasteiger partial charge < -0.3 is 14.3 Å². The van der Waals surface area contributed by atoms with Gasteiger partial charge >= 0.3 is 5.97 Å². The molecule has 0 saturated carbocycles. The van der Waals surface area contributed by atoms with E-state index in [4.69, 9.17) is 4.74 Å². The van der Waals surface area contributed by atoms with E-state index in [2.05, 4.69) is 4.98 Å². The Balaban J connectivity index is 2.56. The summed E-state index contributed by atoms with van der Waals surface area (Å²) in [7, 11) is 2.89. The quantitative estimate of drug-likeness (QED) is 0.675. The highest BCUT2D eigenvalue weighted by Crippen LogP contribution is 2.25. The maximum Gasteiger partial charge on any atom is 0.345 e. The zero-order valence-corrected chi connectivity index (χ0v) is 10.6. The highest BCUT2D eigenvalue weighted by molar-refractivity contribution is 6.13. The van der Waals surface area contributed by atoms with Crippen molar-refractivity contribution in [2.45, 2.75) is 0 Å². The minimum absolute atomic E-state index is 0.0405. The molecule has 0 unspecified atom stereocenters. The molecule has 2 aromatic heterocycles. The van der Waals surface area contributed by atoms with Crippen LogP contribution in [0.1, 0.15) is 10.4 Å². The zero-order valence-electron chi connectivity index (χ0n) is 10.6. The van der Waals surface area contributed by atoms with Gasteiger partial charge in [-0.05, 0) is 6.07 Å². The fraction of sp³-hybridized carbons (Fsp3) is 0.143. The van der Waals surface area contributed by atoms with E-state index in [1.54, 1.807) is 13.2 Å². The third-order valence-electron chi connectivity index (χ3n) is 3.24. The molecule has 96 valence electrons. The third kappa shape index (κ3) is 1.55. The van der Waals surface area contributed by atoms with Crippen LogP contribution in [-0.4, -0.2) is 22.6 Å². The van der Waals surface area contributed by atoms with E-state index in [1.807, 2.05) is 24.3 Å². The van der Waals surface area contributed by atoms with E-state index in [9.17, 15) is 9.59 Å². The van der Waals surface area contributed by atoms with Crippen molar-refractivity contribution in [1.82, 2.24) is 9.55 Å². The van der Waals surface area contributed by atoms with Gasteiger partial charge in [0.25, 0.3) is 5.56 Å². The molecule has 3 rings (SSSR count). The summed E-state index contributed by atoms with van der Waals surface area (Å²) in [6, 6.07) is 7.66. The minimum atomic E-state index is -0.627. The number of methoxy groups -OCH3 is 1. The van der Waals surface area contributed by atoms with Crippen molar-refractivity contribution in [2.24, 2.45) is 7.05 Å². The van der Waals surface area contributed by atoms with Crippen molar-refractivity contribution < 1.29 is 9.53 Å². The van der Waals surface area contributed by atoms with E-state index >= 15 is 0 Å². The van der Waals surface area contributed by atoms with Gasteiger partial charge in [0, 0.05) is 29.5 Å². The molecule has 1 aromatic carbocycles. The molecule has 0 bridgehead atoms. The Morgan fingerprint density at radius 3 is 2.74 bits per heavy atom. The number of hydrogen-bond acceptors (Lipinski definition) is 3. The highest BCUT2D eigenvalue weighted by Gasteiger charge is 2.19. The normalized spacial score (nSPS) is 11.1. The lowest BCUT2D eigenvalue weighted by molar-refractivity contribution is 0.0600. The van der Waals surface area contributed by atoms with Crippen LogP contribution in [0, 0.1) is 0 Å². The van der Waals surface area contributed by atoms with Gasteiger partial charge in [-0.15, -0.1) is 0 Å². The largest absolute Gasteiger partial charge is 0.465 e. The van der Waals surface area contributed by atoms with E-state index in [1.165, 1.54) is 11.7 Å². The number of carbonyl (C=O) groups excluding carboxylic acids is 1. The zero-order chi connectivity index (χ0) is 13.6. The van der Waals surface area contributed by atoms with Crippen LogP contribution < -0.4 is 5.56 Å². The number of ether oxygens (including phenoxy) is 1. The highest BCUT2D eigenvalue weighted by atomic mass is 16.5. The van der Waals surface area contributed by atoms with Crippen molar-refractivity contribution in [3.63, 3.8) is 0 Å². The molecule has 5 nitrogen and oxygen atoms in total. The van der Waals surface area contributed by atoms with Crippen LogP contribution in [0.4, 0.5) is 0 Å². The average molecular weight is 256 g/mol. The van der Waals surface area contributed by atoms with Crippen LogP contribution in [0.25, 0.3) is 21.8 Å². The molecule has 0 spiro atoms. The Morgan fingerprint density at radius 1 is 1.26 bits per heavy atom. The molecule has 0 aliphatic heterocycles. The molecule has 5 heteroatoms. The number of hydrogen-bond donors (Lipinski definition) is 1. The van der Waals surface area contributed by atoms with Gasteiger partial charge in [0.2, 0.25) is 0 Å². The van der Waals surface area contributed by atoms with Crippen LogP contribution in [-0.2, 0) is 11.8 Å². The van der Waals surface area contributed by atoms with Crippen LogP contribution >= 0.6 is 0 Å². The van der Waals surface area contributed by atoms with E-state index in [0.29, 0.717) is 5.52 Å². The monoisotopic (exact) mass is 256 g/mol. The van der Waals surface area contributed by atoms with Gasteiger partial charge in [-0.3, -0.25) is 4.79 Å². The summed E-state index contributed by atoms with van der Waals surface area (Å²) in [6.45, 7) is 0. The van der Waals surface area contributed by atoms with Gasteiger partial charge in [-0.1, -0.05) is 18.2 Å². The number of esters is 1. The van der Waals surface area contributed by atoms with Gasteiger partial charge in [-0.25, -0.2) is 4.79 Å². The summed E-state index contributed by atoms with van der Waals surface area (Å²) in [5, 5.41) is 1.80. The smallest absolute Gasteiger partial charge is 0.345 e. The lowest BCUT2D eigenvalue weighted by Crippen LogP contribution is -2.25. The molecule has 3 aromatic rings. The number of carbonyl (C=O) groups is 1. The Bertz CT molecular complexity index is 858. The standard InChI is InChI=1S/C14H12N2O3/c1-16-7-9-8-5-3-4-6-10(8)15-12(9)11(13(16)17)14(18)19-2/h3-7,15H,1-2H3. The van der Waals surface area contributed by atoms with Crippen molar-refractivity contribution in [2.75, 3.05) is 7.11 Å². The third-order valence-corrected chi connectivity index (χ3v) is 3.24. The number of nitrogens with zero attached hydrogens (tertiary/aromatic N) is 1. The van der Waals surface area contributed by atoms with Crippen molar-refractivity contribution >= 4 is 27.8 Å². The number of pyridine rings is 1. The topological polar surface area (TPSA) is 64.1 Å². The van der Waals surface area contributed by atoms with Gasteiger partial charge in [-0.2, -0.15) is 0 Å². The molecule has 2 heterocycles. The molecule has 0 aliphatic carbocycles. The van der Waals surface area contributed by atoms with E-state index < -0.39 is 5.97 Å². The van der Waals surface area contributed by atoms with Crippen molar-refractivity contribution in [3.8, 4) is 0 Å². The Kier molecular flexibility index (Phi) is 2.41. The fourth-order valence-corrected chi connectivity index (χ4v) is 2.32. The number of para-hydroxylation sites is 1. The van der Waals surface area contributed by atoms with Crippen molar-refractivity contribution in [3.05, 3.63) is 46.4 Å². The lowest BCUT2D eigenvalue weighted by atomic mass is 10.1. The van der Waals surface area contributed by atoms with Gasteiger partial charge in [0.05, 0.1) is 12.6 Å². The molecule has 0 atom stereocenters. The van der Waals surface area contributed by atoms with E-state index in [0.717, 1.165) is 16.3 Å². The molecule has 1 N–H and O–H groups in total. The maximum atomic E-state index is 12.1. The number of nitrogens with one attached hydrogen (secondary N) is 1. The molecule has 0 amide bonds. The predicted molar refractivity (Wildman–Crippen MR) is 72.4 cm³/mol. The minimum Gasteiger partial charge on any atom is -0.465 e. The number of fused-ring (bicyclic) bond motifs is 3. The Labute approximate surface area is 108 Å². The molecular formula is C14H12N2O3. The summed E-state index contributed by atoms with van der Waals surface area (Å²) in [5.41, 5.74) is 1.08. The van der Waals surface area contributed by atoms with Crippen molar-refractivity contribution in [1.29, 1.82) is 0 Å². The van der Waals surface area contributed by atoms with Crippen LogP contribution in [0.2, 0.25) is 0 Å². The maximum absolute atomic E-state index is 12.1. The van der Waals surface area contributed by atoms with Gasteiger partial charge in [0.1, 0.15) is 5.56 Å². The first-order chi connectivity index (χ1) is 9.13. The first-order valence-corrected chi connectivity index (χ1v) is 5.82. The summed E-state index contributed by atoms with van der Waals surface area (Å²) >= 11 is 0. The number of benzene rings is 1. The van der Waals surface area contributed by atoms with Gasteiger partial charge in [0.15, 0.2) is 0 Å². The number of rotatable bonds is 1. The lowest BCUT2D eigenvalue weighted by Gasteiger charge is -2.04. The molecule has 0 aliphatic rings. The second-order valence-corrected chi connectivity index (χ2v) is 4.37. The number of aromatic nitrogens is 2. The second-order valence-electron chi connectivity index (χ2n) is 4.37. The first kappa shape index (κ1) is 11.5.